The average Bonchev–Trinajstić information content (AvgIpc) is 2.35. The maximum atomic E-state index is 5.98. The zero-order valence-electron chi connectivity index (χ0n) is 11.0. The predicted molar refractivity (Wildman–Crippen MR) is 73.3 cm³/mol. The van der Waals surface area contributed by atoms with Crippen molar-refractivity contribution in [1.82, 2.24) is 9.97 Å². The number of hydrogen-bond donors (Lipinski definition) is 0. The van der Waals surface area contributed by atoms with E-state index in [-0.39, 0.29) is 0 Å². The van der Waals surface area contributed by atoms with E-state index in [4.69, 9.17) is 16.3 Å². The van der Waals surface area contributed by atoms with Crippen LogP contribution < -0.4 is 4.90 Å². The Balaban J connectivity index is 2.03. The summed E-state index contributed by atoms with van der Waals surface area (Å²) in [4.78, 5) is 10.8. The minimum absolute atomic E-state index is 0.313. The van der Waals surface area contributed by atoms with Gasteiger partial charge in [-0.15, -0.1) is 0 Å². The lowest BCUT2D eigenvalue weighted by Gasteiger charge is -2.33. The van der Waals surface area contributed by atoms with Crippen molar-refractivity contribution in [2.24, 2.45) is 0 Å². The van der Waals surface area contributed by atoms with Gasteiger partial charge < -0.3 is 9.64 Å². The van der Waals surface area contributed by atoms with Gasteiger partial charge in [0.15, 0.2) is 0 Å². The van der Waals surface area contributed by atoms with E-state index in [2.05, 4.69) is 21.8 Å². The average molecular weight is 270 g/mol. The highest BCUT2D eigenvalue weighted by Crippen LogP contribution is 2.21. The van der Waals surface area contributed by atoms with Crippen molar-refractivity contribution in [3.05, 3.63) is 17.0 Å². The van der Waals surface area contributed by atoms with Crippen LogP contribution in [0.4, 0.5) is 5.82 Å². The fourth-order valence-electron chi connectivity index (χ4n) is 2.25. The first-order valence-electron chi connectivity index (χ1n) is 6.56. The Bertz CT molecular complexity index is 380. The number of ether oxygens (including phenoxy) is 1. The summed E-state index contributed by atoms with van der Waals surface area (Å²) in [6.07, 6.45) is 3.64. The van der Waals surface area contributed by atoms with Gasteiger partial charge in [-0.05, 0) is 26.2 Å². The molecule has 4 nitrogen and oxygen atoms in total. The number of anilines is 1. The van der Waals surface area contributed by atoms with Gasteiger partial charge in [0.2, 0.25) is 0 Å². The number of hydrogen-bond acceptors (Lipinski definition) is 4. The van der Waals surface area contributed by atoms with Crippen LogP contribution in [0.1, 0.15) is 32.0 Å². The Morgan fingerprint density at radius 1 is 1.50 bits per heavy atom. The molecule has 1 fully saturated rings. The first-order chi connectivity index (χ1) is 8.69. The topological polar surface area (TPSA) is 38.2 Å². The Morgan fingerprint density at radius 3 is 3.06 bits per heavy atom. The van der Waals surface area contributed by atoms with Crippen LogP contribution in [-0.2, 0) is 4.74 Å². The summed E-state index contributed by atoms with van der Waals surface area (Å²) in [5, 5.41) is 0.508. The largest absolute Gasteiger partial charge is 0.376 e. The minimum atomic E-state index is 0.313. The van der Waals surface area contributed by atoms with Crippen LogP contribution in [0.3, 0.4) is 0 Å². The summed E-state index contributed by atoms with van der Waals surface area (Å²) in [5.41, 5.74) is 0. The highest BCUT2D eigenvalue weighted by molar-refractivity contribution is 6.29. The lowest BCUT2D eigenvalue weighted by Crippen LogP contribution is -2.40. The Morgan fingerprint density at radius 2 is 2.33 bits per heavy atom. The van der Waals surface area contributed by atoms with E-state index in [9.17, 15) is 0 Å². The highest BCUT2D eigenvalue weighted by Gasteiger charge is 2.21. The SMILES string of the molecule is CCCOC1CCCN(c2cc(Cl)nc(C)n2)C1. The monoisotopic (exact) mass is 269 g/mol. The number of aromatic nitrogens is 2. The van der Waals surface area contributed by atoms with E-state index < -0.39 is 0 Å². The molecule has 100 valence electrons. The molecule has 0 N–H and O–H groups in total. The molecular formula is C13H20ClN3O. The second-order valence-corrected chi connectivity index (χ2v) is 5.06. The molecule has 1 aliphatic rings. The molecule has 5 heteroatoms. The second kappa shape index (κ2) is 6.34. The summed E-state index contributed by atoms with van der Waals surface area (Å²) in [6, 6.07) is 1.83. The van der Waals surface area contributed by atoms with Gasteiger partial charge in [0.1, 0.15) is 16.8 Å². The third-order valence-electron chi connectivity index (χ3n) is 3.05. The van der Waals surface area contributed by atoms with Crippen molar-refractivity contribution >= 4 is 17.4 Å². The molecule has 2 heterocycles. The Kier molecular flexibility index (Phi) is 4.78. The van der Waals surface area contributed by atoms with E-state index >= 15 is 0 Å². The quantitative estimate of drug-likeness (QED) is 0.788. The minimum Gasteiger partial charge on any atom is -0.376 e. The van der Waals surface area contributed by atoms with Gasteiger partial charge >= 0.3 is 0 Å². The standard InChI is InChI=1S/C13H20ClN3O/c1-3-7-18-11-5-4-6-17(9-11)13-8-12(14)15-10(2)16-13/h8,11H,3-7,9H2,1-2H3. The molecule has 1 unspecified atom stereocenters. The fourth-order valence-corrected chi connectivity index (χ4v) is 2.47. The van der Waals surface area contributed by atoms with Crippen LogP contribution in [0.25, 0.3) is 0 Å². The molecule has 0 aromatic carbocycles. The number of aryl methyl sites for hydroxylation is 1. The van der Waals surface area contributed by atoms with Gasteiger partial charge in [0, 0.05) is 25.8 Å². The van der Waals surface area contributed by atoms with Crippen molar-refractivity contribution in [2.75, 3.05) is 24.6 Å². The van der Waals surface area contributed by atoms with Gasteiger partial charge in [-0.2, -0.15) is 0 Å². The summed E-state index contributed by atoms with van der Waals surface area (Å²) < 4.78 is 5.83. The lowest BCUT2D eigenvalue weighted by atomic mass is 10.1. The first kappa shape index (κ1) is 13.6. The summed E-state index contributed by atoms with van der Waals surface area (Å²) >= 11 is 5.98. The molecule has 0 saturated carbocycles. The molecule has 0 amide bonds. The van der Waals surface area contributed by atoms with Crippen molar-refractivity contribution in [3.8, 4) is 0 Å². The van der Waals surface area contributed by atoms with E-state index in [1.165, 1.54) is 0 Å². The summed E-state index contributed by atoms with van der Waals surface area (Å²) in [5.74, 6) is 1.63. The molecular weight excluding hydrogens is 250 g/mol. The van der Waals surface area contributed by atoms with Crippen molar-refractivity contribution < 1.29 is 4.74 Å². The van der Waals surface area contributed by atoms with Crippen LogP contribution in [0.15, 0.2) is 6.07 Å². The molecule has 0 bridgehead atoms. The lowest BCUT2D eigenvalue weighted by molar-refractivity contribution is 0.0439. The van der Waals surface area contributed by atoms with Crippen LogP contribution in [-0.4, -0.2) is 35.8 Å². The Hall–Kier alpha value is -0.870. The van der Waals surface area contributed by atoms with E-state index in [1.807, 2.05) is 13.0 Å². The molecule has 1 aliphatic heterocycles. The molecule has 1 atom stereocenters. The van der Waals surface area contributed by atoms with Crippen molar-refractivity contribution in [3.63, 3.8) is 0 Å². The Labute approximate surface area is 113 Å². The smallest absolute Gasteiger partial charge is 0.134 e. The van der Waals surface area contributed by atoms with Crippen LogP contribution in [0, 0.1) is 6.92 Å². The zero-order chi connectivity index (χ0) is 13.0. The zero-order valence-corrected chi connectivity index (χ0v) is 11.8. The predicted octanol–water partition coefficient (Wildman–Crippen LogP) is 2.83. The molecule has 0 aliphatic carbocycles. The highest BCUT2D eigenvalue weighted by atomic mass is 35.5. The van der Waals surface area contributed by atoms with E-state index in [0.717, 1.165) is 44.8 Å². The third-order valence-corrected chi connectivity index (χ3v) is 3.25. The number of rotatable bonds is 4. The fraction of sp³-hybridized carbons (Fsp3) is 0.692. The normalized spacial score (nSPS) is 20.2. The summed E-state index contributed by atoms with van der Waals surface area (Å²) in [7, 11) is 0. The van der Waals surface area contributed by atoms with Gasteiger partial charge in [-0.3, -0.25) is 0 Å². The first-order valence-corrected chi connectivity index (χ1v) is 6.94. The van der Waals surface area contributed by atoms with E-state index in [1.54, 1.807) is 0 Å². The van der Waals surface area contributed by atoms with Gasteiger partial charge in [0.25, 0.3) is 0 Å². The molecule has 1 aromatic rings. The van der Waals surface area contributed by atoms with Gasteiger partial charge in [-0.25, -0.2) is 9.97 Å². The molecule has 18 heavy (non-hydrogen) atoms. The second-order valence-electron chi connectivity index (χ2n) is 4.68. The van der Waals surface area contributed by atoms with Gasteiger partial charge in [-0.1, -0.05) is 18.5 Å². The molecule has 1 aromatic heterocycles. The van der Waals surface area contributed by atoms with E-state index in [0.29, 0.717) is 17.1 Å². The third kappa shape index (κ3) is 3.56. The summed E-state index contributed by atoms with van der Waals surface area (Å²) in [6.45, 7) is 6.74. The molecule has 1 saturated heterocycles. The molecule has 0 radical (unpaired) electrons. The van der Waals surface area contributed by atoms with Gasteiger partial charge in [0.05, 0.1) is 6.10 Å². The number of halogens is 1. The van der Waals surface area contributed by atoms with Crippen LogP contribution in [0.2, 0.25) is 5.15 Å². The number of nitrogens with zero attached hydrogens (tertiary/aromatic N) is 3. The van der Waals surface area contributed by atoms with Crippen molar-refractivity contribution in [2.45, 2.75) is 39.2 Å². The molecule has 0 spiro atoms. The van der Waals surface area contributed by atoms with Crippen LogP contribution in [0.5, 0.6) is 0 Å². The number of piperidine rings is 1. The maximum absolute atomic E-state index is 5.98. The van der Waals surface area contributed by atoms with Crippen molar-refractivity contribution in [1.29, 1.82) is 0 Å². The molecule has 2 rings (SSSR count). The maximum Gasteiger partial charge on any atom is 0.134 e. The van der Waals surface area contributed by atoms with Crippen LogP contribution >= 0.6 is 11.6 Å².